The average molecular weight is 538 g/mol. The summed E-state index contributed by atoms with van der Waals surface area (Å²) in [7, 11) is 3.96. The molecule has 1 aromatic rings. The number of amides is 2. The molecule has 1 saturated heterocycles. The molecule has 0 radical (unpaired) electrons. The number of piperazine rings is 1. The second-order valence-corrected chi connectivity index (χ2v) is 10.8. The van der Waals surface area contributed by atoms with Crippen LogP contribution in [0.2, 0.25) is 10.0 Å². The predicted molar refractivity (Wildman–Crippen MR) is 139 cm³/mol. The van der Waals surface area contributed by atoms with E-state index in [1.54, 1.807) is 28.0 Å². The Kier molecular flexibility index (Phi) is 8.42. The highest BCUT2D eigenvalue weighted by Crippen LogP contribution is 2.41. The first kappa shape index (κ1) is 26.7. The van der Waals surface area contributed by atoms with Crippen molar-refractivity contribution in [3.8, 4) is 0 Å². The quantitative estimate of drug-likeness (QED) is 0.390. The summed E-state index contributed by atoms with van der Waals surface area (Å²) in [6, 6.07) is 4.79. The molecule has 2 fully saturated rings. The number of fused-ring (bicyclic) bond motifs is 1. The molecule has 1 aliphatic carbocycles. The molecule has 9 nitrogen and oxygen atoms in total. The van der Waals surface area contributed by atoms with Gasteiger partial charge in [-0.1, -0.05) is 36.0 Å². The van der Waals surface area contributed by atoms with Crippen molar-refractivity contribution in [3.63, 3.8) is 0 Å². The molecule has 11 heteroatoms. The third-order valence-corrected chi connectivity index (χ3v) is 8.19. The molecule has 3 aliphatic rings. The molecule has 2 heterocycles. The Labute approximate surface area is 221 Å². The molecule has 0 bridgehead atoms. The van der Waals surface area contributed by atoms with Gasteiger partial charge in [-0.05, 0) is 58.1 Å². The van der Waals surface area contributed by atoms with Crippen molar-refractivity contribution >= 4 is 35.0 Å². The van der Waals surface area contributed by atoms with Crippen molar-refractivity contribution in [2.45, 2.75) is 38.1 Å². The van der Waals surface area contributed by atoms with Gasteiger partial charge in [0, 0.05) is 50.2 Å². The van der Waals surface area contributed by atoms with Gasteiger partial charge in [0.15, 0.2) is 0 Å². The van der Waals surface area contributed by atoms with Crippen molar-refractivity contribution in [2.75, 3.05) is 53.4 Å². The standard InChI is InChI=1S/C25H33Cl2N5O4/c1-28(2)10-5-11-31-21-7-4-3-6-18(21)22(23(25(31)34)32(35)36)29-12-14-30(15-13-29)24(33)17-8-9-19(26)20(27)16-17/h8-9,16,18,21H,3-7,10-15H2,1-2H3. The van der Waals surface area contributed by atoms with E-state index in [4.69, 9.17) is 23.2 Å². The van der Waals surface area contributed by atoms with Gasteiger partial charge in [0.2, 0.25) is 0 Å². The summed E-state index contributed by atoms with van der Waals surface area (Å²) in [5.41, 5.74) is 0.740. The number of carbonyl (C=O) groups excluding carboxylic acids is 2. The largest absolute Gasteiger partial charge is 0.365 e. The molecule has 4 rings (SSSR count). The molecular weight excluding hydrogens is 505 g/mol. The van der Waals surface area contributed by atoms with Gasteiger partial charge in [0.25, 0.3) is 5.91 Å². The summed E-state index contributed by atoms with van der Waals surface area (Å²) in [6.07, 6.45) is 4.48. The first-order chi connectivity index (χ1) is 17.2. The summed E-state index contributed by atoms with van der Waals surface area (Å²) in [6.45, 7) is 3.04. The Bertz CT molecular complexity index is 1050. The van der Waals surface area contributed by atoms with Crippen LogP contribution in [0.5, 0.6) is 0 Å². The number of carbonyl (C=O) groups is 2. The smallest absolute Gasteiger partial charge is 0.352 e. The van der Waals surface area contributed by atoms with E-state index < -0.39 is 10.8 Å². The summed E-state index contributed by atoms with van der Waals surface area (Å²) in [4.78, 5) is 45.7. The minimum Gasteiger partial charge on any atom is -0.365 e. The molecule has 0 aromatic heterocycles. The van der Waals surface area contributed by atoms with Crippen LogP contribution in [0, 0.1) is 16.0 Å². The lowest BCUT2D eigenvalue weighted by atomic mass is 9.77. The minimum atomic E-state index is -0.491. The Balaban J connectivity index is 1.54. The number of hydrogen-bond acceptors (Lipinski definition) is 6. The molecule has 0 N–H and O–H groups in total. The molecule has 1 saturated carbocycles. The van der Waals surface area contributed by atoms with Crippen LogP contribution in [0.25, 0.3) is 0 Å². The summed E-state index contributed by atoms with van der Waals surface area (Å²) in [5, 5.41) is 12.9. The van der Waals surface area contributed by atoms with E-state index in [0.717, 1.165) is 38.6 Å². The van der Waals surface area contributed by atoms with Gasteiger partial charge in [-0.25, -0.2) is 0 Å². The van der Waals surface area contributed by atoms with Crippen LogP contribution in [0.3, 0.4) is 0 Å². The minimum absolute atomic E-state index is 0.0111. The fourth-order valence-corrected chi connectivity index (χ4v) is 6.02. The van der Waals surface area contributed by atoms with Gasteiger partial charge in [-0.2, -0.15) is 0 Å². The van der Waals surface area contributed by atoms with Crippen LogP contribution in [-0.4, -0.2) is 95.7 Å². The maximum atomic E-state index is 13.5. The van der Waals surface area contributed by atoms with Gasteiger partial charge < -0.3 is 19.6 Å². The van der Waals surface area contributed by atoms with Gasteiger partial charge in [0.05, 0.1) is 15.0 Å². The number of nitro groups is 1. The molecule has 36 heavy (non-hydrogen) atoms. The van der Waals surface area contributed by atoms with Crippen LogP contribution in [0.15, 0.2) is 29.6 Å². The zero-order chi connectivity index (χ0) is 26.0. The van der Waals surface area contributed by atoms with Gasteiger partial charge in [-0.3, -0.25) is 19.7 Å². The maximum absolute atomic E-state index is 13.5. The molecular formula is C25H33Cl2N5O4. The van der Waals surface area contributed by atoms with Crippen molar-refractivity contribution in [1.82, 2.24) is 19.6 Å². The predicted octanol–water partition coefficient (Wildman–Crippen LogP) is 3.59. The second-order valence-electron chi connectivity index (χ2n) is 10.0. The Morgan fingerprint density at radius 1 is 1.11 bits per heavy atom. The first-order valence-corrected chi connectivity index (χ1v) is 13.3. The van der Waals surface area contributed by atoms with E-state index >= 15 is 0 Å². The van der Waals surface area contributed by atoms with E-state index in [0.29, 0.717) is 54.0 Å². The topological polar surface area (TPSA) is 90.2 Å². The molecule has 0 spiro atoms. The lowest BCUT2D eigenvalue weighted by Gasteiger charge is -2.47. The van der Waals surface area contributed by atoms with Crippen molar-refractivity contribution < 1.29 is 14.5 Å². The molecule has 2 aliphatic heterocycles. The van der Waals surface area contributed by atoms with E-state index in [9.17, 15) is 19.7 Å². The zero-order valence-electron chi connectivity index (χ0n) is 20.8. The van der Waals surface area contributed by atoms with Crippen LogP contribution in [0.1, 0.15) is 42.5 Å². The third kappa shape index (κ3) is 5.48. The number of rotatable bonds is 7. The van der Waals surface area contributed by atoms with Crippen molar-refractivity contribution in [1.29, 1.82) is 0 Å². The average Bonchev–Trinajstić information content (AvgIpc) is 2.86. The normalized spacial score (nSPS) is 22.8. The van der Waals surface area contributed by atoms with Crippen LogP contribution in [-0.2, 0) is 4.79 Å². The molecule has 2 amide bonds. The molecule has 1 aromatic carbocycles. The monoisotopic (exact) mass is 537 g/mol. The Morgan fingerprint density at radius 3 is 2.44 bits per heavy atom. The fourth-order valence-electron chi connectivity index (χ4n) is 5.72. The van der Waals surface area contributed by atoms with E-state index in [-0.39, 0.29) is 23.6 Å². The highest BCUT2D eigenvalue weighted by Gasteiger charge is 2.49. The summed E-state index contributed by atoms with van der Waals surface area (Å²) >= 11 is 12.1. The summed E-state index contributed by atoms with van der Waals surface area (Å²) < 4.78 is 0. The van der Waals surface area contributed by atoms with Crippen LogP contribution < -0.4 is 0 Å². The lowest BCUT2D eigenvalue weighted by molar-refractivity contribution is -0.424. The first-order valence-electron chi connectivity index (χ1n) is 12.5. The SMILES string of the molecule is CN(C)CCCN1C(=O)C([N+](=O)[O-])=C(N2CCN(C(=O)c3ccc(Cl)c(Cl)c3)CC2)C2CCCCC21. The zero-order valence-corrected chi connectivity index (χ0v) is 22.3. The van der Waals surface area contributed by atoms with E-state index in [1.807, 2.05) is 19.0 Å². The molecule has 2 unspecified atom stereocenters. The number of benzene rings is 1. The van der Waals surface area contributed by atoms with Gasteiger partial charge in [-0.15, -0.1) is 0 Å². The Morgan fingerprint density at radius 2 is 1.81 bits per heavy atom. The highest BCUT2D eigenvalue weighted by atomic mass is 35.5. The summed E-state index contributed by atoms with van der Waals surface area (Å²) in [5.74, 6) is -0.668. The van der Waals surface area contributed by atoms with Gasteiger partial charge >= 0.3 is 11.6 Å². The van der Waals surface area contributed by atoms with E-state index in [2.05, 4.69) is 4.90 Å². The van der Waals surface area contributed by atoms with Crippen LogP contribution in [0.4, 0.5) is 0 Å². The Hall–Kier alpha value is -2.36. The maximum Gasteiger partial charge on any atom is 0.352 e. The van der Waals surface area contributed by atoms with Crippen molar-refractivity contribution in [3.05, 3.63) is 55.3 Å². The highest BCUT2D eigenvalue weighted by molar-refractivity contribution is 6.42. The second kappa shape index (κ2) is 11.4. The molecule has 196 valence electrons. The number of halogens is 2. The third-order valence-electron chi connectivity index (χ3n) is 7.45. The molecule has 2 atom stereocenters. The van der Waals surface area contributed by atoms with Gasteiger partial charge in [0.1, 0.15) is 5.70 Å². The van der Waals surface area contributed by atoms with Crippen LogP contribution >= 0.6 is 23.2 Å². The van der Waals surface area contributed by atoms with E-state index in [1.165, 1.54) is 0 Å². The van der Waals surface area contributed by atoms with Crippen molar-refractivity contribution in [2.24, 2.45) is 5.92 Å². The fraction of sp³-hybridized carbons (Fsp3) is 0.600. The number of nitrogens with zero attached hydrogens (tertiary/aromatic N) is 5. The lowest BCUT2D eigenvalue weighted by Crippen LogP contribution is -2.57. The number of hydrogen-bond donors (Lipinski definition) is 0.